The first-order valence-corrected chi connectivity index (χ1v) is 8.02. The lowest BCUT2D eigenvalue weighted by atomic mass is 10.1. The number of halogens is 2. The number of benzene rings is 2. The number of nitrogens with zero attached hydrogens (tertiary/aromatic N) is 1. The van der Waals surface area contributed by atoms with Crippen LogP contribution in [0.2, 0.25) is 5.02 Å². The lowest BCUT2D eigenvalue weighted by Gasteiger charge is -2.17. The van der Waals surface area contributed by atoms with Crippen molar-refractivity contribution in [2.75, 3.05) is 11.4 Å². The van der Waals surface area contributed by atoms with Gasteiger partial charge < -0.3 is 10.2 Å². The zero-order valence-electron chi connectivity index (χ0n) is 12.8. The van der Waals surface area contributed by atoms with Crippen LogP contribution in [0.25, 0.3) is 0 Å². The lowest BCUT2D eigenvalue weighted by Crippen LogP contribution is -2.36. The van der Waals surface area contributed by atoms with E-state index in [1.807, 2.05) is 0 Å². The van der Waals surface area contributed by atoms with Crippen LogP contribution in [0.3, 0.4) is 0 Å². The molecule has 1 atom stereocenters. The van der Waals surface area contributed by atoms with E-state index in [-0.39, 0.29) is 24.2 Å². The first kappa shape index (κ1) is 16.5. The van der Waals surface area contributed by atoms with Crippen LogP contribution in [-0.2, 0) is 16.1 Å². The van der Waals surface area contributed by atoms with Crippen molar-refractivity contribution in [1.82, 2.24) is 5.32 Å². The van der Waals surface area contributed by atoms with Gasteiger partial charge in [-0.15, -0.1) is 0 Å². The van der Waals surface area contributed by atoms with Crippen LogP contribution in [0.5, 0.6) is 0 Å². The molecule has 2 amide bonds. The van der Waals surface area contributed by atoms with Gasteiger partial charge in [-0.3, -0.25) is 9.59 Å². The van der Waals surface area contributed by atoms with Gasteiger partial charge in [-0.2, -0.15) is 0 Å². The molecule has 1 saturated heterocycles. The Labute approximate surface area is 144 Å². The average Bonchev–Trinajstić information content (AvgIpc) is 2.95. The Morgan fingerprint density at radius 2 is 2.04 bits per heavy atom. The average molecular weight is 347 g/mol. The molecule has 0 radical (unpaired) electrons. The first-order valence-electron chi connectivity index (χ1n) is 7.64. The molecule has 1 aliphatic heterocycles. The molecule has 1 fully saturated rings. The summed E-state index contributed by atoms with van der Waals surface area (Å²) in [6, 6.07) is 13.2. The van der Waals surface area contributed by atoms with Crippen molar-refractivity contribution in [3.05, 3.63) is 64.9 Å². The number of nitrogens with one attached hydrogen (secondary N) is 1. The molecule has 1 N–H and O–H groups in total. The second-order valence-corrected chi connectivity index (χ2v) is 6.06. The summed E-state index contributed by atoms with van der Waals surface area (Å²) < 4.78 is 13.6. The first-order chi connectivity index (χ1) is 11.6. The van der Waals surface area contributed by atoms with Crippen molar-refractivity contribution < 1.29 is 14.0 Å². The largest absolute Gasteiger partial charge is 0.351 e. The number of hydrogen-bond acceptors (Lipinski definition) is 2. The van der Waals surface area contributed by atoms with E-state index in [0.29, 0.717) is 29.2 Å². The van der Waals surface area contributed by atoms with Gasteiger partial charge >= 0.3 is 0 Å². The summed E-state index contributed by atoms with van der Waals surface area (Å²) >= 11 is 5.95. The number of amides is 2. The molecule has 0 unspecified atom stereocenters. The SMILES string of the molecule is O=C(NCc1ccccc1F)[C@H]1CCN(c2cccc(Cl)c2)C1=O. The predicted molar refractivity (Wildman–Crippen MR) is 90.2 cm³/mol. The molecule has 1 aliphatic rings. The predicted octanol–water partition coefficient (Wildman–Crippen LogP) is 3.15. The fourth-order valence-corrected chi connectivity index (χ4v) is 2.96. The van der Waals surface area contributed by atoms with E-state index in [1.165, 1.54) is 6.07 Å². The fourth-order valence-electron chi connectivity index (χ4n) is 2.77. The maximum atomic E-state index is 13.6. The Kier molecular flexibility index (Phi) is 4.81. The second-order valence-electron chi connectivity index (χ2n) is 5.62. The molecule has 1 heterocycles. The van der Waals surface area contributed by atoms with Crippen LogP contribution in [0.15, 0.2) is 48.5 Å². The minimum Gasteiger partial charge on any atom is -0.351 e. The van der Waals surface area contributed by atoms with E-state index >= 15 is 0 Å². The van der Waals surface area contributed by atoms with Gasteiger partial charge in [0.1, 0.15) is 11.7 Å². The number of rotatable bonds is 4. The van der Waals surface area contributed by atoms with Crippen LogP contribution >= 0.6 is 11.6 Å². The summed E-state index contributed by atoms with van der Waals surface area (Å²) in [5.74, 6) is -1.78. The van der Waals surface area contributed by atoms with Gasteiger partial charge in [-0.1, -0.05) is 35.9 Å². The number of anilines is 1. The molecule has 2 aromatic carbocycles. The van der Waals surface area contributed by atoms with Gasteiger partial charge in [0.15, 0.2) is 0 Å². The van der Waals surface area contributed by atoms with Crippen LogP contribution in [0.1, 0.15) is 12.0 Å². The third kappa shape index (κ3) is 3.41. The van der Waals surface area contributed by atoms with E-state index in [1.54, 1.807) is 47.4 Å². The van der Waals surface area contributed by atoms with E-state index in [9.17, 15) is 14.0 Å². The molecule has 0 spiro atoms. The molecule has 0 saturated carbocycles. The molecule has 2 aromatic rings. The van der Waals surface area contributed by atoms with Crippen molar-refractivity contribution in [2.24, 2.45) is 5.92 Å². The number of carbonyl (C=O) groups is 2. The Morgan fingerprint density at radius 3 is 2.79 bits per heavy atom. The lowest BCUT2D eigenvalue weighted by molar-refractivity contribution is -0.132. The van der Waals surface area contributed by atoms with Gasteiger partial charge in [0.25, 0.3) is 0 Å². The molecule has 0 bridgehead atoms. The van der Waals surface area contributed by atoms with Crippen LogP contribution in [-0.4, -0.2) is 18.4 Å². The van der Waals surface area contributed by atoms with Gasteiger partial charge in [-0.05, 0) is 30.7 Å². The number of carbonyl (C=O) groups excluding carboxylic acids is 2. The summed E-state index contributed by atoms with van der Waals surface area (Å²) in [6.45, 7) is 0.517. The van der Waals surface area contributed by atoms with Gasteiger partial charge in [0.05, 0.1) is 0 Å². The molecule has 0 aromatic heterocycles. The topological polar surface area (TPSA) is 49.4 Å². The quantitative estimate of drug-likeness (QED) is 0.865. The van der Waals surface area contributed by atoms with E-state index in [4.69, 9.17) is 11.6 Å². The maximum Gasteiger partial charge on any atom is 0.239 e. The number of hydrogen-bond donors (Lipinski definition) is 1. The highest BCUT2D eigenvalue weighted by Crippen LogP contribution is 2.27. The van der Waals surface area contributed by atoms with E-state index in [0.717, 1.165) is 0 Å². The summed E-state index contributed by atoms with van der Waals surface area (Å²) in [4.78, 5) is 26.3. The van der Waals surface area contributed by atoms with Gasteiger partial charge in [-0.25, -0.2) is 4.39 Å². The zero-order chi connectivity index (χ0) is 17.1. The molecular formula is C18H16ClFN2O2. The van der Waals surface area contributed by atoms with Crippen molar-refractivity contribution in [2.45, 2.75) is 13.0 Å². The molecule has 6 heteroatoms. The highest BCUT2D eigenvalue weighted by Gasteiger charge is 2.37. The summed E-state index contributed by atoms with van der Waals surface area (Å²) in [6.07, 6.45) is 0.425. The van der Waals surface area contributed by atoms with Crippen molar-refractivity contribution in [3.8, 4) is 0 Å². The van der Waals surface area contributed by atoms with Gasteiger partial charge in [0.2, 0.25) is 11.8 Å². The fraction of sp³-hybridized carbons (Fsp3) is 0.222. The zero-order valence-corrected chi connectivity index (χ0v) is 13.6. The molecule has 124 valence electrons. The Hall–Kier alpha value is -2.40. The van der Waals surface area contributed by atoms with Crippen LogP contribution in [0.4, 0.5) is 10.1 Å². The molecule has 24 heavy (non-hydrogen) atoms. The second kappa shape index (κ2) is 7.01. The Morgan fingerprint density at radius 1 is 1.25 bits per heavy atom. The van der Waals surface area contributed by atoms with Crippen molar-refractivity contribution in [3.63, 3.8) is 0 Å². The standard InChI is InChI=1S/C18H16ClFN2O2/c19-13-5-3-6-14(10-13)22-9-8-15(18(22)24)17(23)21-11-12-4-1-2-7-16(12)20/h1-7,10,15H,8-9,11H2,(H,21,23)/t15-/m1/s1. The van der Waals surface area contributed by atoms with Crippen LogP contribution in [0, 0.1) is 11.7 Å². The van der Waals surface area contributed by atoms with E-state index in [2.05, 4.69) is 5.32 Å². The van der Waals surface area contributed by atoms with Gasteiger partial charge in [0, 0.05) is 29.4 Å². The smallest absolute Gasteiger partial charge is 0.239 e. The van der Waals surface area contributed by atoms with E-state index < -0.39 is 5.92 Å². The summed E-state index contributed by atoms with van der Waals surface area (Å²) in [7, 11) is 0. The summed E-state index contributed by atoms with van der Waals surface area (Å²) in [5.41, 5.74) is 1.07. The minimum atomic E-state index is -0.754. The van der Waals surface area contributed by atoms with Crippen molar-refractivity contribution in [1.29, 1.82) is 0 Å². The third-order valence-electron chi connectivity index (χ3n) is 4.05. The molecule has 0 aliphatic carbocycles. The summed E-state index contributed by atoms with van der Waals surface area (Å²) in [5, 5.41) is 3.18. The molecular weight excluding hydrogens is 331 g/mol. The normalized spacial score (nSPS) is 17.2. The Bertz CT molecular complexity index is 781. The monoisotopic (exact) mass is 346 g/mol. The highest BCUT2D eigenvalue weighted by molar-refractivity contribution is 6.31. The maximum absolute atomic E-state index is 13.6. The van der Waals surface area contributed by atoms with Crippen LogP contribution < -0.4 is 10.2 Å². The Balaban J connectivity index is 1.64. The third-order valence-corrected chi connectivity index (χ3v) is 4.29. The molecule has 3 rings (SSSR count). The molecule has 4 nitrogen and oxygen atoms in total. The highest BCUT2D eigenvalue weighted by atomic mass is 35.5. The van der Waals surface area contributed by atoms with Crippen molar-refractivity contribution >= 4 is 29.1 Å². The minimum absolute atomic E-state index is 0.0620.